The van der Waals surface area contributed by atoms with Crippen LogP contribution in [-0.2, 0) is 0 Å². The van der Waals surface area contributed by atoms with Crippen molar-refractivity contribution in [1.29, 1.82) is 0 Å². The van der Waals surface area contributed by atoms with Crippen LogP contribution >= 0.6 is 0 Å². The van der Waals surface area contributed by atoms with Gasteiger partial charge in [0.1, 0.15) is 0 Å². The summed E-state index contributed by atoms with van der Waals surface area (Å²) in [5.74, 6) is 0. The van der Waals surface area contributed by atoms with Gasteiger partial charge in [0.05, 0.1) is 0 Å². The second kappa shape index (κ2) is 10.8. The van der Waals surface area contributed by atoms with Crippen molar-refractivity contribution in [1.82, 2.24) is 0 Å². The zero-order chi connectivity index (χ0) is 16.9. The largest absolute Gasteiger partial charge is 0.106 e. The Kier molecular flexibility index (Phi) is 8.55. The molecule has 0 saturated carbocycles. The first-order chi connectivity index (χ1) is 11.3. The zero-order valence-electron chi connectivity index (χ0n) is 13.8. The topological polar surface area (TPSA) is 0 Å². The monoisotopic (exact) mass is 300 g/mol. The molecule has 0 aliphatic rings. The number of hydrogen-bond acceptors (Lipinski definition) is 0. The van der Waals surface area contributed by atoms with Crippen molar-refractivity contribution >= 4 is 18.2 Å². The van der Waals surface area contributed by atoms with Crippen LogP contribution in [0.5, 0.6) is 0 Å². The molecule has 0 radical (unpaired) electrons. The van der Waals surface area contributed by atoms with Crippen LogP contribution in [0.25, 0.3) is 18.2 Å². The van der Waals surface area contributed by atoms with Gasteiger partial charge in [0.15, 0.2) is 0 Å². The van der Waals surface area contributed by atoms with Gasteiger partial charge in [-0.2, -0.15) is 0 Å². The third-order valence-electron chi connectivity index (χ3n) is 3.07. The molecule has 0 aliphatic heterocycles. The first-order valence-corrected chi connectivity index (χ1v) is 7.61. The Labute approximate surface area is 140 Å². The van der Waals surface area contributed by atoms with Gasteiger partial charge in [-0.3, -0.25) is 0 Å². The molecular weight excluding hydrogens is 276 g/mol. The first-order valence-electron chi connectivity index (χ1n) is 7.61. The molecule has 0 heteroatoms. The summed E-state index contributed by atoms with van der Waals surface area (Å²) in [6.07, 6.45) is 12.3. The van der Waals surface area contributed by atoms with Crippen LogP contribution in [0.3, 0.4) is 0 Å². The minimum Gasteiger partial charge on any atom is -0.106 e. The predicted molar refractivity (Wildman–Crippen MR) is 106 cm³/mol. The van der Waals surface area contributed by atoms with E-state index in [9.17, 15) is 0 Å². The summed E-state index contributed by atoms with van der Waals surface area (Å²) >= 11 is 0. The van der Waals surface area contributed by atoms with Gasteiger partial charge in [-0.05, 0) is 29.2 Å². The Hall–Kier alpha value is -2.86. The molecule has 0 spiro atoms. The lowest BCUT2D eigenvalue weighted by atomic mass is 10.1. The van der Waals surface area contributed by atoms with E-state index < -0.39 is 0 Å². The molecule has 0 fully saturated rings. The molecule has 0 aliphatic carbocycles. The summed E-state index contributed by atoms with van der Waals surface area (Å²) in [7, 11) is 0. The summed E-state index contributed by atoms with van der Waals surface area (Å²) in [6, 6.07) is 18.8. The van der Waals surface area contributed by atoms with E-state index in [1.54, 1.807) is 0 Å². The molecular formula is C23H24. The molecule has 23 heavy (non-hydrogen) atoms. The molecule has 0 nitrogen and oxygen atoms in total. The fourth-order valence-electron chi connectivity index (χ4n) is 1.95. The fourth-order valence-corrected chi connectivity index (χ4v) is 1.95. The molecule has 0 bridgehead atoms. The van der Waals surface area contributed by atoms with E-state index in [-0.39, 0.29) is 0 Å². The average molecular weight is 300 g/mol. The zero-order valence-corrected chi connectivity index (χ0v) is 13.8. The van der Waals surface area contributed by atoms with E-state index in [1.807, 2.05) is 43.4 Å². The first kappa shape index (κ1) is 18.2. The maximum Gasteiger partial charge on any atom is -0.0256 e. The maximum atomic E-state index is 3.96. The molecule has 2 aromatic carbocycles. The Morgan fingerprint density at radius 3 is 1.70 bits per heavy atom. The summed E-state index contributed by atoms with van der Waals surface area (Å²) in [4.78, 5) is 0. The van der Waals surface area contributed by atoms with E-state index in [2.05, 4.69) is 74.4 Å². The lowest BCUT2D eigenvalue weighted by Crippen LogP contribution is -1.75. The van der Waals surface area contributed by atoms with Crippen molar-refractivity contribution in [3.63, 3.8) is 0 Å². The minimum absolute atomic E-state index is 1.01. The molecule has 0 N–H and O–H groups in total. The molecule has 0 amide bonds. The molecule has 2 rings (SSSR count). The average Bonchev–Trinajstić information content (AvgIpc) is 2.62. The molecule has 0 aromatic heterocycles. The number of allylic oxidation sites excluding steroid dienone is 4. The minimum atomic E-state index is 1.01. The number of benzene rings is 2. The highest BCUT2D eigenvalue weighted by molar-refractivity contribution is 5.70. The maximum absolute atomic E-state index is 3.96. The summed E-state index contributed by atoms with van der Waals surface area (Å²) in [5.41, 5.74) is 4.59. The summed E-state index contributed by atoms with van der Waals surface area (Å²) < 4.78 is 0. The van der Waals surface area contributed by atoms with E-state index >= 15 is 0 Å². The van der Waals surface area contributed by atoms with Crippen LogP contribution in [0, 0.1) is 0 Å². The third-order valence-corrected chi connectivity index (χ3v) is 3.07. The van der Waals surface area contributed by atoms with Gasteiger partial charge in [-0.1, -0.05) is 97.6 Å². The van der Waals surface area contributed by atoms with Crippen molar-refractivity contribution in [2.75, 3.05) is 0 Å². The molecule has 0 unspecified atom stereocenters. The van der Waals surface area contributed by atoms with E-state index in [0.717, 1.165) is 5.57 Å². The van der Waals surface area contributed by atoms with Crippen LogP contribution in [0.1, 0.15) is 23.6 Å². The summed E-state index contributed by atoms with van der Waals surface area (Å²) in [5, 5.41) is 0. The fraction of sp³-hybridized carbons (Fsp3) is 0.0435. The van der Waals surface area contributed by atoms with Crippen molar-refractivity contribution < 1.29 is 0 Å². The predicted octanol–water partition coefficient (Wildman–Crippen LogP) is 6.80. The molecule has 0 heterocycles. The van der Waals surface area contributed by atoms with Crippen molar-refractivity contribution in [2.45, 2.75) is 6.92 Å². The van der Waals surface area contributed by atoms with Crippen molar-refractivity contribution in [2.24, 2.45) is 0 Å². The second-order valence-corrected chi connectivity index (χ2v) is 4.82. The van der Waals surface area contributed by atoms with Gasteiger partial charge in [0.2, 0.25) is 0 Å². The smallest absolute Gasteiger partial charge is 0.0256 e. The summed E-state index contributed by atoms with van der Waals surface area (Å²) in [6.45, 7) is 11.9. The van der Waals surface area contributed by atoms with Gasteiger partial charge in [0.25, 0.3) is 0 Å². The Morgan fingerprint density at radius 1 is 0.696 bits per heavy atom. The second-order valence-electron chi connectivity index (χ2n) is 4.82. The van der Waals surface area contributed by atoms with E-state index in [4.69, 9.17) is 0 Å². The lowest BCUT2D eigenvalue weighted by molar-refractivity contribution is 1.61. The third kappa shape index (κ3) is 7.10. The van der Waals surface area contributed by atoms with Crippen LogP contribution in [0.2, 0.25) is 0 Å². The highest BCUT2D eigenvalue weighted by atomic mass is 14.0. The lowest BCUT2D eigenvalue weighted by Gasteiger charge is -1.97. The standard InChI is InChI=1S/C21H20.C2H4/c1-3-7-18(2)10-11-20-14-16-21(17-15-20)13-12-19-8-5-4-6-9-19;1-2/h3-17H,2H2,1H3;1-2H2/b7-3-,11-10+,13-12+;. The van der Waals surface area contributed by atoms with Gasteiger partial charge in [0, 0.05) is 0 Å². The molecule has 116 valence electrons. The van der Waals surface area contributed by atoms with Crippen molar-refractivity contribution in [3.05, 3.63) is 115 Å². The Balaban J connectivity index is 0.00000127. The molecule has 0 saturated heterocycles. The van der Waals surface area contributed by atoms with Gasteiger partial charge in [-0.15, -0.1) is 13.2 Å². The van der Waals surface area contributed by atoms with Gasteiger partial charge in [-0.25, -0.2) is 0 Å². The van der Waals surface area contributed by atoms with Crippen molar-refractivity contribution in [3.8, 4) is 0 Å². The number of rotatable bonds is 5. The quantitative estimate of drug-likeness (QED) is 0.323. The van der Waals surface area contributed by atoms with Crippen LogP contribution in [-0.4, -0.2) is 0 Å². The highest BCUT2D eigenvalue weighted by Crippen LogP contribution is 2.11. The van der Waals surface area contributed by atoms with Crippen LogP contribution < -0.4 is 0 Å². The van der Waals surface area contributed by atoms with Crippen LogP contribution in [0.4, 0.5) is 0 Å². The Bertz CT molecular complexity index is 668. The van der Waals surface area contributed by atoms with E-state index in [0.29, 0.717) is 0 Å². The SMILES string of the molecule is C=C.C=C(/C=C\C)/C=C/c1ccc(/C=C/c2ccccc2)cc1. The van der Waals surface area contributed by atoms with Gasteiger partial charge < -0.3 is 0 Å². The van der Waals surface area contributed by atoms with Gasteiger partial charge >= 0.3 is 0 Å². The van der Waals surface area contributed by atoms with Crippen LogP contribution in [0.15, 0.2) is 98.1 Å². The molecule has 2 aromatic rings. The highest BCUT2D eigenvalue weighted by Gasteiger charge is 1.89. The number of hydrogen-bond donors (Lipinski definition) is 0. The molecule has 0 atom stereocenters. The Morgan fingerprint density at radius 2 is 1.17 bits per heavy atom. The normalized spacial score (nSPS) is 10.8. The van der Waals surface area contributed by atoms with E-state index in [1.165, 1.54) is 16.7 Å².